The summed E-state index contributed by atoms with van der Waals surface area (Å²) in [5.41, 5.74) is 0.574. The van der Waals surface area contributed by atoms with Gasteiger partial charge in [0.25, 0.3) is 0 Å². The third-order valence-corrected chi connectivity index (χ3v) is 4.96. The summed E-state index contributed by atoms with van der Waals surface area (Å²) < 4.78 is 15.9. The highest BCUT2D eigenvalue weighted by Gasteiger charge is 2.44. The van der Waals surface area contributed by atoms with Crippen molar-refractivity contribution in [2.75, 3.05) is 13.2 Å². The first kappa shape index (κ1) is 23.6. The second-order valence-corrected chi connectivity index (χ2v) is 7.26. The van der Waals surface area contributed by atoms with Crippen molar-refractivity contribution in [1.82, 2.24) is 0 Å². The number of aromatic hydroxyl groups is 4. The van der Waals surface area contributed by atoms with Gasteiger partial charge in [-0.25, -0.2) is 4.79 Å². The molecule has 1 aliphatic rings. The molecule has 5 atom stereocenters. The fourth-order valence-electron chi connectivity index (χ4n) is 3.11. The molecular weight excluding hydrogens is 428 g/mol. The van der Waals surface area contributed by atoms with Crippen molar-refractivity contribution < 1.29 is 54.8 Å². The number of esters is 1. The van der Waals surface area contributed by atoms with Crippen LogP contribution in [0.5, 0.6) is 23.0 Å². The van der Waals surface area contributed by atoms with Crippen LogP contribution in [0.1, 0.15) is 15.9 Å². The summed E-state index contributed by atoms with van der Waals surface area (Å²) in [6.07, 6.45) is -6.91. The van der Waals surface area contributed by atoms with E-state index in [1.54, 1.807) is 12.1 Å². The number of carbonyl (C=O) groups excluding carboxylic acids is 1. The van der Waals surface area contributed by atoms with Gasteiger partial charge < -0.3 is 50.0 Å². The molecule has 0 bridgehead atoms. The van der Waals surface area contributed by atoms with E-state index in [-0.39, 0.29) is 17.9 Å². The zero-order chi connectivity index (χ0) is 23.4. The van der Waals surface area contributed by atoms with E-state index in [2.05, 4.69) is 0 Å². The lowest BCUT2D eigenvalue weighted by Gasteiger charge is -2.39. The van der Waals surface area contributed by atoms with Crippen LogP contribution < -0.4 is 0 Å². The van der Waals surface area contributed by atoms with Gasteiger partial charge in [-0.2, -0.15) is 0 Å². The summed E-state index contributed by atoms with van der Waals surface area (Å²) in [7, 11) is 0. The number of phenols is 4. The van der Waals surface area contributed by atoms with Crippen molar-refractivity contribution >= 4 is 5.97 Å². The number of ether oxygens (including phenoxy) is 3. The largest absolute Gasteiger partial charge is 0.508 e. The average molecular weight is 452 g/mol. The van der Waals surface area contributed by atoms with Crippen LogP contribution in [-0.2, 0) is 20.6 Å². The maximum Gasteiger partial charge on any atom is 0.338 e. The van der Waals surface area contributed by atoms with E-state index < -0.39 is 60.5 Å². The Morgan fingerprint density at radius 3 is 2.16 bits per heavy atom. The van der Waals surface area contributed by atoms with E-state index >= 15 is 0 Å². The van der Waals surface area contributed by atoms with Crippen LogP contribution in [0.2, 0.25) is 0 Å². The third-order valence-electron chi connectivity index (χ3n) is 4.96. The summed E-state index contributed by atoms with van der Waals surface area (Å²) in [6.45, 7) is -0.447. The standard InChI is InChI=1S/C21H24O11/c22-12-3-1-10(2-4-12)5-6-30-21-19(28)18(27)17(26)15(32-21)9-31-20(29)11-7-13(23)16(25)14(24)8-11/h1-4,7-8,15,17-19,21-28H,5-6,9H2/t15-,17-,18+,19+,21-/m1/s1. The first-order chi connectivity index (χ1) is 15.2. The topological polar surface area (TPSA) is 186 Å². The predicted octanol–water partition coefficient (Wildman–Crippen LogP) is -0.267. The zero-order valence-corrected chi connectivity index (χ0v) is 16.7. The van der Waals surface area contributed by atoms with Gasteiger partial charge >= 0.3 is 5.97 Å². The third kappa shape index (κ3) is 5.39. The van der Waals surface area contributed by atoms with Gasteiger partial charge in [0.15, 0.2) is 23.5 Å². The Morgan fingerprint density at radius 2 is 1.53 bits per heavy atom. The maximum atomic E-state index is 12.2. The summed E-state index contributed by atoms with van der Waals surface area (Å²) in [6, 6.07) is 8.17. The molecule has 0 saturated carbocycles. The molecule has 0 unspecified atom stereocenters. The number of carbonyl (C=O) groups is 1. The van der Waals surface area contributed by atoms with Gasteiger partial charge in [0.1, 0.15) is 36.8 Å². The van der Waals surface area contributed by atoms with Gasteiger partial charge in [-0.15, -0.1) is 0 Å². The molecular formula is C21H24O11. The van der Waals surface area contributed by atoms with E-state index in [1.165, 1.54) is 12.1 Å². The van der Waals surface area contributed by atoms with E-state index in [0.29, 0.717) is 6.42 Å². The molecule has 7 N–H and O–H groups in total. The first-order valence-electron chi connectivity index (χ1n) is 9.68. The van der Waals surface area contributed by atoms with Crippen LogP contribution in [0, 0.1) is 0 Å². The molecule has 1 fully saturated rings. The van der Waals surface area contributed by atoms with Crippen LogP contribution in [-0.4, -0.2) is 85.6 Å². The fraction of sp³-hybridized carbons (Fsp3) is 0.381. The van der Waals surface area contributed by atoms with Gasteiger partial charge in [-0.3, -0.25) is 0 Å². The molecule has 1 aliphatic heterocycles. The zero-order valence-electron chi connectivity index (χ0n) is 16.7. The Morgan fingerprint density at radius 1 is 0.906 bits per heavy atom. The maximum absolute atomic E-state index is 12.2. The van der Waals surface area contributed by atoms with Crippen molar-refractivity contribution in [3.8, 4) is 23.0 Å². The summed E-state index contributed by atoms with van der Waals surface area (Å²) in [5.74, 6) is -3.14. The lowest BCUT2D eigenvalue weighted by atomic mass is 9.99. The Balaban J connectivity index is 1.57. The van der Waals surface area contributed by atoms with Crippen LogP contribution in [0.15, 0.2) is 36.4 Å². The lowest BCUT2D eigenvalue weighted by Crippen LogP contribution is -2.59. The van der Waals surface area contributed by atoms with Gasteiger partial charge in [0.2, 0.25) is 0 Å². The molecule has 0 aromatic heterocycles. The Kier molecular flexibility index (Phi) is 7.38. The highest BCUT2D eigenvalue weighted by atomic mass is 16.7. The van der Waals surface area contributed by atoms with Gasteiger partial charge in [-0.05, 0) is 36.2 Å². The minimum atomic E-state index is -1.63. The minimum absolute atomic E-state index is 0.0912. The van der Waals surface area contributed by atoms with Crippen molar-refractivity contribution in [2.45, 2.75) is 37.1 Å². The van der Waals surface area contributed by atoms with E-state index in [4.69, 9.17) is 14.2 Å². The Bertz CT molecular complexity index is 907. The highest BCUT2D eigenvalue weighted by Crippen LogP contribution is 2.35. The molecule has 174 valence electrons. The number of hydrogen-bond donors (Lipinski definition) is 7. The summed E-state index contributed by atoms with van der Waals surface area (Å²) >= 11 is 0. The molecule has 0 aliphatic carbocycles. The smallest absolute Gasteiger partial charge is 0.338 e. The molecule has 2 aromatic rings. The van der Waals surface area contributed by atoms with Crippen molar-refractivity contribution in [3.05, 3.63) is 47.5 Å². The Labute approximate surface area is 182 Å². The second-order valence-electron chi connectivity index (χ2n) is 7.26. The van der Waals surface area contributed by atoms with Crippen LogP contribution in [0.25, 0.3) is 0 Å². The predicted molar refractivity (Wildman–Crippen MR) is 106 cm³/mol. The van der Waals surface area contributed by atoms with Crippen molar-refractivity contribution in [3.63, 3.8) is 0 Å². The van der Waals surface area contributed by atoms with E-state index in [9.17, 15) is 40.5 Å². The number of rotatable bonds is 7. The normalized spacial score (nSPS) is 25.4. The Hall–Kier alpha value is -3.09. The second kappa shape index (κ2) is 10.0. The summed E-state index contributed by atoms with van der Waals surface area (Å²) in [5, 5.41) is 68.0. The van der Waals surface area contributed by atoms with Gasteiger partial charge in [-0.1, -0.05) is 12.1 Å². The molecule has 0 radical (unpaired) electrons. The molecule has 11 nitrogen and oxygen atoms in total. The molecule has 1 heterocycles. The fourth-order valence-corrected chi connectivity index (χ4v) is 3.11. The van der Waals surface area contributed by atoms with Gasteiger partial charge in [0.05, 0.1) is 12.2 Å². The van der Waals surface area contributed by atoms with E-state index in [1.807, 2.05) is 0 Å². The highest BCUT2D eigenvalue weighted by molar-refractivity contribution is 5.91. The first-order valence-corrected chi connectivity index (χ1v) is 9.68. The number of phenolic OH excluding ortho intramolecular Hbond substituents is 4. The number of hydrogen-bond acceptors (Lipinski definition) is 11. The number of aliphatic hydroxyl groups is 3. The quantitative estimate of drug-likeness (QED) is 0.217. The molecule has 32 heavy (non-hydrogen) atoms. The average Bonchev–Trinajstić information content (AvgIpc) is 2.77. The van der Waals surface area contributed by atoms with E-state index in [0.717, 1.165) is 17.7 Å². The molecule has 1 saturated heterocycles. The van der Waals surface area contributed by atoms with Crippen molar-refractivity contribution in [1.29, 1.82) is 0 Å². The molecule has 3 rings (SSSR count). The minimum Gasteiger partial charge on any atom is -0.508 e. The van der Waals surface area contributed by atoms with Crippen LogP contribution in [0.3, 0.4) is 0 Å². The number of benzene rings is 2. The molecule has 11 heteroatoms. The monoisotopic (exact) mass is 452 g/mol. The lowest BCUT2D eigenvalue weighted by molar-refractivity contribution is -0.300. The SMILES string of the molecule is O=C(OC[C@H]1O[C@@H](OCCc2ccc(O)cc2)[C@@H](O)[C@@H](O)[C@@H]1O)c1cc(O)c(O)c(O)c1. The summed E-state index contributed by atoms with van der Waals surface area (Å²) in [4.78, 5) is 12.2. The number of aliphatic hydroxyl groups excluding tert-OH is 3. The van der Waals surface area contributed by atoms with Crippen LogP contribution >= 0.6 is 0 Å². The van der Waals surface area contributed by atoms with Crippen molar-refractivity contribution in [2.24, 2.45) is 0 Å². The van der Waals surface area contributed by atoms with Gasteiger partial charge in [0, 0.05) is 0 Å². The molecule has 0 spiro atoms. The molecule has 2 aromatic carbocycles. The van der Waals surface area contributed by atoms with Crippen LogP contribution in [0.4, 0.5) is 0 Å². The molecule has 0 amide bonds.